The van der Waals surface area contributed by atoms with Gasteiger partial charge in [0.2, 0.25) is 5.91 Å². The molecule has 7 nitrogen and oxygen atoms in total. The highest BCUT2D eigenvalue weighted by Gasteiger charge is 2.28. The molecule has 0 unspecified atom stereocenters. The van der Waals surface area contributed by atoms with Gasteiger partial charge in [-0.3, -0.25) is 14.4 Å². The summed E-state index contributed by atoms with van der Waals surface area (Å²) in [5.41, 5.74) is 1.70. The first-order valence-electron chi connectivity index (χ1n) is 8.80. The van der Waals surface area contributed by atoms with Crippen LogP contribution in [-0.2, 0) is 9.59 Å². The van der Waals surface area contributed by atoms with Crippen molar-refractivity contribution in [3.05, 3.63) is 59.7 Å². The molecule has 0 radical (unpaired) electrons. The third-order valence-corrected chi connectivity index (χ3v) is 4.48. The molecule has 1 saturated heterocycles. The van der Waals surface area contributed by atoms with Gasteiger partial charge in [0, 0.05) is 24.3 Å². The standard InChI is InChI=1S/C21H19N3O4/c1-15(25)17-5-7-19(8-6-17)28-14-21(27)23-9-10-24(20(26)13-23)18-4-2-3-16(11-18)12-22/h2-8,11H,9-10,13-14H2,1H3. The number of ether oxygens (including phenoxy) is 1. The summed E-state index contributed by atoms with van der Waals surface area (Å²) in [6.07, 6.45) is 0. The van der Waals surface area contributed by atoms with Gasteiger partial charge in [0.15, 0.2) is 12.4 Å². The highest BCUT2D eigenvalue weighted by atomic mass is 16.5. The Hall–Kier alpha value is -3.66. The zero-order valence-corrected chi connectivity index (χ0v) is 15.4. The second kappa shape index (κ2) is 8.35. The molecule has 2 aromatic rings. The van der Waals surface area contributed by atoms with Crippen molar-refractivity contribution in [2.24, 2.45) is 0 Å². The van der Waals surface area contributed by atoms with Crippen LogP contribution in [0.4, 0.5) is 5.69 Å². The number of carbonyl (C=O) groups is 3. The van der Waals surface area contributed by atoms with Gasteiger partial charge in [-0.2, -0.15) is 5.26 Å². The molecule has 1 heterocycles. The summed E-state index contributed by atoms with van der Waals surface area (Å²) in [6, 6.07) is 15.4. The third kappa shape index (κ3) is 4.35. The van der Waals surface area contributed by atoms with Crippen molar-refractivity contribution < 1.29 is 19.1 Å². The zero-order valence-electron chi connectivity index (χ0n) is 15.4. The fourth-order valence-electron chi connectivity index (χ4n) is 2.92. The number of piperazine rings is 1. The first kappa shape index (κ1) is 19.1. The molecule has 142 valence electrons. The number of carbonyl (C=O) groups excluding carboxylic acids is 3. The van der Waals surface area contributed by atoms with E-state index in [0.717, 1.165) is 0 Å². The summed E-state index contributed by atoms with van der Waals surface area (Å²) in [5.74, 6) is -0.0501. The van der Waals surface area contributed by atoms with Crippen LogP contribution in [0.25, 0.3) is 0 Å². The van der Waals surface area contributed by atoms with Gasteiger partial charge in [0.05, 0.1) is 11.6 Å². The van der Waals surface area contributed by atoms with Crippen molar-refractivity contribution in [1.82, 2.24) is 4.90 Å². The summed E-state index contributed by atoms with van der Waals surface area (Å²) in [6.45, 7) is 1.99. The second-order valence-corrected chi connectivity index (χ2v) is 6.39. The van der Waals surface area contributed by atoms with Crippen molar-refractivity contribution in [3.8, 4) is 11.8 Å². The second-order valence-electron chi connectivity index (χ2n) is 6.39. The van der Waals surface area contributed by atoms with Crippen molar-refractivity contribution in [1.29, 1.82) is 5.26 Å². The van der Waals surface area contributed by atoms with E-state index in [1.165, 1.54) is 11.8 Å². The molecule has 0 atom stereocenters. The molecule has 0 spiro atoms. The van der Waals surface area contributed by atoms with Crippen LogP contribution in [0.15, 0.2) is 48.5 Å². The Balaban J connectivity index is 1.56. The minimum Gasteiger partial charge on any atom is -0.484 e. The number of hydrogen-bond donors (Lipinski definition) is 0. The molecule has 0 saturated carbocycles. The van der Waals surface area contributed by atoms with Crippen LogP contribution in [0, 0.1) is 11.3 Å². The van der Waals surface area contributed by atoms with Crippen LogP contribution < -0.4 is 9.64 Å². The maximum absolute atomic E-state index is 12.5. The fraction of sp³-hybridized carbons (Fsp3) is 0.238. The van der Waals surface area contributed by atoms with Crippen LogP contribution >= 0.6 is 0 Å². The fourth-order valence-corrected chi connectivity index (χ4v) is 2.92. The Morgan fingerprint density at radius 3 is 2.54 bits per heavy atom. The highest BCUT2D eigenvalue weighted by Crippen LogP contribution is 2.19. The number of nitriles is 1. The number of ketones is 1. The number of hydrogen-bond acceptors (Lipinski definition) is 5. The minimum atomic E-state index is -0.283. The number of nitrogens with zero attached hydrogens (tertiary/aromatic N) is 3. The Bertz CT molecular complexity index is 947. The van der Waals surface area contributed by atoms with Crippen LogP contribution in [-0.4, -0.2) is 48.7 Å². The van der Waals surface area contributed by atoms with E-state index in [1.54, 1.807) is 53.4 Å². The molecule has 3 rings (SSSR count). The molecule has 1 fully saturated rings. The number of benzene rings is 2. The van der Waals surface area contributed by atoms with Gasteiger partial charge < -0.3 is 14.5 Å². The smallest absolute Gasteiger partial charge is 0.261 e. The Labute approximate surface area is 162 Å². The first-order valence-corrected chi connectivity index (χ1v) is 8.80. The van der Waals surface area contributed by atoms with Crippen LogP contribution in [0.5, 0.6) is 5.75 Å². The zero-order chi connectivity index (χ0) is 20.1. The van der Waals surface area contributed by atoms with Crippen LogP contribution in [0.2, 0.25) is 0 Å². The van der Waals surface area contributed by atoms with Gasteiger partial charge in [0.25, 0.3) is 5.91 Å². The molecule has 1 aliphatic rings. The number of amides is 2. The van der Waals surface area contributed by atoms with Gasteiger partial charge >= 0.3 is 0 Å². The predicted octanol–water partition coefficient (Wildman–Crippen LogP) is 2.02. The van der Waals surface area contributed by atoms with E-state index in [2.05, 4.69) is 6.07 Å². The van der Waals surface area contributed by atoms with E-state index in [-0.39, 0.29) is 30.7 Å². The van der Waals surface area contributed by atoms with E-state index in [0.29, 0.717) is 35.7 Å². The molecular weight excluding hydrogens is 358 g/mol. The summed E-state index contributed by atoms with van der Waals surface area (Å²) in [7, 11) is 0. The topological polar surface area (TPSA) is 90.7 Å². The molecule has 7 heteroatoms. The molecule has 2 amide bonds. The molecule has 2 aromatic carbocycles. The van der Waals surface area contributed by atoms with E-state index in [1.807, 2.05) is 0 Å². The number of anilines is 1. The number of Topliss-reactive ketones (excluding diaryl/α,β-unsaturated/α-hetero) is 1. The van der Waals surface area contributed by atoms with E-state index in [4.69, 9.17) is 10.00 Å². The largest absolute Gasteiger partial charge is 0.484 e. The van der Waals surface area contributed by atoms with Gasteiger partial charge in [-0.25, -0.2) is 0 Å². The van der Waals surface area contributed by atoms with E-state index < -0.39 is 0 Å². The predicted molar refractivity (Wildman–Crippen MR) is 102 cm³/mol. The first-order chi connectivity index (χ1) is 13.5. The molecule has 0 bridgehead atoms. The van der Waals surface area contributed by atoms with E-state index >= 15 is 0 Å². The molecule has 28 heavy (non-hydrogen) atoms. The van der Waals surface area contributed by atoms with Gasteiger partial charge in [-0.15, -0.1) is 0 Å². The lowest BCUT2D eigenvalue weighted by molar-refractivity contribution is -0.138. The lowest BCUT2D eigenvalue weighted by atomic mass is 10.1. The van der Waals surface area contributed by atoms with Gasteiger partial charge in [-0.05, 0) is 49.4 Å². The van der Waals surface area contributed by atoms with E-state index in [9.17, 15) is 14.4 Å². The van der Waals surface area contributed by atoms with Crippen LogP contribution in [0.1, 0.15) is 22.8 Å². The van der Waals surface area contributed by atoms with Gasteiger partial charge in [-0.1, -0.05) is 6.07 Å². The molecule has 0 N–H and O–H groups in total. The normalized spacial score (nSPS) is 13.8. The quantitative estimate of drug-likeness (QED) is 0.744. The lowest BCUT2D eigenvalue weighted by Gasteiger charge is -2.34. The third-order valence-electron chi connectivity index (χ3n) is 4.48. The van der Waals surface area contributed by atoms with Crippen molar-refractivity contribution >= 4 is 23.3 Å². The summed E-state index contributed by atoms with van der Waals surface area (Å²) in [4.78, 5) is 39.1. The summed E-state index contributed by atoms with van der Waals surface area (Å²) < 4.78 is 5.47. The Morgan fingerprint density at radius 1 is 1.14 bits per heavy atom. The maximum Gasteiger partial charge on any atom is 0.261 e. The van der Waals surface area contributed by atoms with Crippen molar-refractivity contribution in [3.63, 3.8) is 0 Å². The average Bonchev–Trinajstić information content (AvgIpc) is 2.72. The molecule has 1 aliphatic heterocycles. The number of rotatable bonds is 5. The van der Waals surface area contributed by atoms with Crippen molar-refractivity contribution in [2.45, 2.75) is 6.92 Å². The summed E-state index contributed by atoms with van der Waals surface area (Å²) >= 11 is 0. The van der Waals surface area contributed by atoms with Gasteiger partial charge in [0.1, 0.15) is 12.3 Å². The maximum atomic E-state index is 12.5. The summed E-state index contributed by atoms with van der Waals surface area (Å²) in [5, 5.41) is 9.00. The molecular formula is C21H19N3O4. The SMILES string of the molecule is CC(=O)c1ccc(OCC(=O)N2CCN(c3cccc(C#N)c3)C(=O)C2)cc1. The Kier molecular flexibility index (Phi) is 5.70. The van der Waals surface area contributed by atoms with Crippen LogP contribution in [0.3, 0.4) is 0 Å². The minimum absolute atomic E-state index is 0.0394. The molecule has 0 aliphatic carbocycles. The molecule has 0 aromatic heterocycles. The average molecular weight is 377 g/mol. The lowest BCUT2D eigenvalue weighted by Crippen LogP contribution is -2.53. The Morgan fingerprint density at radius 2 is 1.89 bits per heavy atom. The van der Waals surface area contributed by atoms with Crippen molar-refractivity contribution in [2.75, 3.05) is 31.1 Å². The monoisotopic (exact) mass is 377 g/mol. The highest BCUT2D eigenvalue weighted by molar-refractivity contribution is 5.98.